The number of aromatic nitrogens is 1. The first-order valence-electron chi connectivity index (χ1n) is 11.0. The molecule has 7 nitrogen and oxygen atoms in total. The second kappa shape index (κ2) is 9.26. The van der Waals surface area contributed by atoms with Crippen LogP contribution in [0.4, 0.5) is 11.4 Å². The van der Waals surface area contributed by atoms with Crippen LogP contribution in [-0.2, 0) is 6.54 Å². The lowest BCUT2D eigenvalue weighted by Gasteiger charge is -2.36. The van der Waals surface area contributed by atoms with Crippen LogP contribution in [0.5, 0.6) is 5.88 Å². The maximum atomic E-state index is 12.5. The highest BCUT2D eigenvalue weighted by atomic mass is 16.3. The molecule has 0 aliphatic carbocycles. The van der Waals surface area contributed by atoms with Crippen molar-refractivity contribution in [3.05, 3.63) is 90.0 Å². The van der Waals surface area contributed by atoms with Crippen molar-refractivity contribution in [3.8, 4) is 5.88 Å². The molecule has 5 rings (SSSR count). The number of aromatic amines is 1. The molecule has 0 saturated carbocycles. The van der Waals surface area contributed by atoms with Gasteiger partial charge in [0.05, 0.1) is 5.52 Å². The van der Waals surface area contributed by atoms with E-state index in [1.54, 1.807) is 12.1 Å². The van der Waals surface area contributed by atoms with Gasteiger partial charge in [-0.3, -0.25) is 9.69 Å². The van der Waals surface area contributed by atoms with Gasteiger partial charge < -0.3 is 15.0 Å². The van der Waals surface area contributed by atoms with E-state index in [9.17, 15) is 9.90 Å². The van der Waals surface area contributed by atoms with Crippen LogP contribution in [0.15, 0.2) is 89.1 Å². The number of rotatable bonds is 5. The topological polar surface area (TPSA) is 84.3 Å². The molecule has 4 aromatic rings. The number of para-hydroxylation sites is 2. The van der Waals surface area contributed by atoms with E-state index in [2.05, 4.69) is 49.3 Å². The largest absolute Gasteiger partial charge is 0.493 e. The van der Waals surface area contributed by atoms with Crippen molar-refractivity contribution in [1.82, 2.24) is 9.88 Å². The predicted molar refractivity (Wildman–Crippen MR) is 129 cm³/mol. The number of hydrogen-bond donors (Lipinski definition) is 2. The Morgan fingerprint density at radius 1 is 0.879 bits per heavy atom. The number of carbonyl (C=O) groups excluding carboxylic acids is 1. The number of fused-ring (bicyclic) bond motifs is 1. The zero-order valence-corrected chi connectivity index (χ0v) is 18.2. The summed E-state index contributed by atoms with van der Waals surface area (Å²) < 4.78 is 0. The molecule has 1 saturated heterocycles. The van der Waals surface area contributed by atoms with Crippen LogP contribution in [0.2, 0.25) is 0 Å². The van der Waals surface area contributed by atoms with Crippen molar-refractivity contribution in [3.63, 3.8) is 0 Å². The van der Waals surface area contributed by atoms with Gasteiger partial charge in [-0.1, -0.05) is 48.5 Å². The summed E-state index contributed by atoms with van der Waals surface area (Å²) in [5.74, 6) is -0.543. The number of amides is 1. The Morgan fingerprint density at radius 3 is 2.33 bits per heavy atom. The molecular weight excluding hydrogens is 414 g/mol. The van der Waals surface area contributed by atoms with Gasteiger partial charge in [-0.05, 0) is 35.9 Å². The van der Waals surface area contributed by atoms with Gasteiger partial charge in [0.2, 0.25) is 5.88 Å². The quantitative estimate of drug-likeness (QED) is 0.423. The van der Waals surface area contributed by atoms with Crippen molar-refractivity contribution < 1.29 is 9.90 Å². The number of benzene rings is 3. The molecule has 166 valence electrons. The van der Waals surface area contributed by atoms with E-state index in [1.807, 2.05) is 42.5 Å². The Kier molecular flexibility index (Phi) is 5.87. The first kappa shape index (κ1) is 20.9. The minimum absolute atomic E-state index is 0.101. The van der Waals surface area contributed by atoms with Gasteiger partial charge in [-0.2, -0.15) is 0 Å². The van der Waals surface area contributed by atoms with Gasteiger partial charge >= 0.3 is 0 Å². The normalized spacial score (nSPS) is 14.8. The average molecular weight is 440 g/mol. The fourth-order valence-electron chi connectivity index (χ4n) is 4.18. The molecular formula is C26H25N5O2. The monoisotopic (exact) mass is 439 g/mol. The highest BCUT2D eigenvalue weighted by molar-refractivity contribution is 5.96. The van der Waals surface area contributed by atoms with E-state index < -0.39 is 5.91 Å². The second-order valence-electron chi connectivity index (χ2n) is 8.17. The number of nitrogens with zero attached hydrogens (tertiary/aromatic N) is 4. The summed E-state index contributed by atoms with van der Waals surface area (Å²) in [5, 5.41) is 18.6. The standard InChI is InChI=1S/C26H25N5O2/c32-25(29-28-24-22-8-4-5-9-23(22)27-26(24)33)20-12-10-19(11-13-20)18-30-14-16-31(17-15-30)21-6-2-1-3-7-21/h1-13,27,33H,14-18H2. The number of aromatic hydroxyl groups is 1. The number of nitrogens with one attached hydrogen (secondary N) is 1. The molecule has 1 aliphatic heterocycles. The molecule has 1 amide bonds. The SMILES string of the molecule is O=C(N=Nc1c(O)[nH]c2ccccc12)c1ccc(CN2CCN(c3ccccc3)CC2)cc1. The Labute approximate surface area is 192 Å². The smallest absolute Gasteiger partial charge is 0.295 e. The maximum absolute atomic E-state index is 12.5. The minimum atomic E-state index is -0.442. The number of anilines is 1. The third kappa shape index (κ3) is 4.63. The van der Waals surface area contributed by atoms with Crippen molar-refractivity contribution in [1.29, 1.82) is 0 Å². The van der Waals surface area contributed by atoms with Gasteiger partial charge in [0, 0.05) is 49.4 Å². The third-order valence-corrected chi connectivity index (χ3v) is 6.00. The second-order valence-corrected chi connectivity index (χ2v) is 8.17. The van der Waals surface area contributed by atoms with Crippen LogP contribution >= 0.6 is 0 Å². The number of azo groups is 1. The molecule has 0 spiro atoms. The lowest BCUT2D eigenvalue weighted by Crippen LogP contribution is -2.45. The van der Waals surface area contributed by atoms with Gasteiger partial charge in [-0.25, -0.2) is 0 Å². The highest BCUT2D eigenvalue weighted by Crippen LogP contribution is 2.35. The molecule has 0 unspecified atom stereocenters. The van der Waals surface area contributed by atoms with Gasteiger partial charge in [0.25, 0.3) is 5.91 Å². The molecule has 3 aromatic carbocycles. The zero-order chi connectivity index (χ0) is 22.6. The Hall–Kier alpha value is -3.97. The van der Waals surface area contributed by atoms with Crippen LogP contribution in [0.25, 0.3) is 10.9 Å². The zero-order valence-electron chi connectivity index (χ0n) is 18.2. The van der Waals surface area contributed by atoms with Gasteiger partial charge in [0.15, 0.2) is 5.69 Å². The third-order valence-electron chi connectivity index (χ3n) is 6.00. The lowest BCUT2D eigenvalue weighted by atomic mass is 10.1. The molecule has 1 fully saturated rings. The van der Waals surface area contributed by atoms with E-state index in [-0.39, 0.29) is 11.6 Å². The Balaban J connectivity index is 1.19. The average Bonchev–Trinajstić information content (AvgIpc) is 3.19. The predicted octanol–water partition coefficient (Wildman–Crippen LogP) is 5.12. The summed E-state index contributed by atoms with van der Waals surface area (Å²) in [6.07, 6.45) is 0. The van der Waals surface area contributed by atoms with Gasteiger partial charge in [-0.15, -0.1) is 10.2 Å². The maximum Gasteiger partial charge on any atom is 0.295 e. The highest BCUT2D eigenvalue weighted by Gasteiger charge is 2.17. The van der Waals surface area contributed by atoms with Crippen LogP contribution < -0.4 is 4.90 Å². The summed E-state index contributed by atoms with van der Waals surface area (Å²) >= 11 is 0. The molecule has 0 bridgehead atoms. The van der Waals surface area contributed by atoms with Crippen LogP contribution in [0.1, 0.15) is 15.9 Å². The van der Waals surface area contributed by atoms with E-state index in [1.165, 1.54) is 5.69 Å². The van der Waals surface area contributed by atoms with Crippen LogP contribution in [-0.4, -0.2) is 47.1 Å². The number of piperazine rings is 1. The number of H-pyrrole nitrogens is 1. The molecule has 1 aliphatic rings. The van der Waals surface area contributed by atoms with Crippen molar-refractivity contribution in [2.45, 2.75) is 6.54 Å². The summed E-state index contributed by atoms with van der Waals surface area (Å²) in [5.41, 5.74) is 3.91. The molecule has 7 heteroatoms. The van der Waals surface area contributed by atoms with E-state index in [4.69, 9.17) is 0 Å². The van der Waals surface area contributed by atoms with E-state index in [0.29, 0.717) is 10.9 Å². The minimum Gasteiger partial charge on any atom is -0.493 e. The van der Waals surface area contributed by atoms with E-state index in [0.717, 1.165) is 43.8 Å². The lowest BCUT2D eigenvalue weighted by molar-refractivity contribution is 0.0995. The van der Waals surface area contributed by atoms with Crippen molar-refractivity contribution >= 4 is 28.2 Å². The summed E-state index contributed by atoms with van der Waals surface area (Å²) in [6, 6.07) is 25.4. The van der Waals surface area contributed by atoms with Crippen molar-refractivity contribution in [2.24, 2.45) is 10.2 Å². The summed E-state index contributed by atoms with van der Waals surface area (Å²) in [6.45, 7) is 4.85. The number of hydrogen-bond acceptors (Lipinski definition) is 5. The van der Waals surface area contributed by atoms with Crippen molar-refractivity contribution in [2.75, 3.05) is 31.1 Å². The molecule has 2 heterocycles. The van der Waals surface area contributed by atoms with Crippen LogP contribution in [0, 0.1) is 0 Å². The first-order chi connectivity index (χ1) is 16.2. The molecule has 33 heavy (non-hydrogen) atoms. The fraction of sp³-hybridized carbons (Fsp3) is 0.192. The number of carbonyl (C=O) groups is 1. The fourth-order valence-corrected chi connectivity index (χ4v) is 4.18. The molecule has 2 N–H and O–H groups in total. The van der Waals surface area contributed by atoms with Gasteiger partial charge in [0.1, 0.15) is 0 Å². The molecule has 0 radical (unpaired) electrons. The first-order valence-corrected chi connectivity index (χ1v) is 11.0. The Morgan fingerprint density at radius 2 is 1.58 bits per heavy atom. The summed E-state index contributed by atoms with van der Waals surface area (Å²) in [7, 11) is 0. The van der Waals surface area contributed by atoms with E-state index >= 15 is 0 Å². The van der Waals surface area contributed by atoms with Crippen LogP contribution in [0.3, 0.4) is 0 Å². The molecule has 1 aromatic heterocycles. The molecule has 0 atom stereocenters. The summed E-state index contributed by atoms with van der Waals surface area (Å²) in [4.78, 5) is 20.2. The Bertz CT molecular complexity index is 1270.